The highest BCUT2D eigenvalue weighted by Crippen LogP contribution is 2.29. The Morgan fingerprint density at radius 1 is 1.03 bits per heavy atom. The molecular weight excluding hydrogens is 376 g/mol. The van der Waals surface area contributed by atoms with Gasteiger partial charge in [-0.25, -0.2) is 9.97 Å². The smallest absolute Gasteiger partial charge is 0.164 e. The zero-order chi connectivity index (χ0) is 20.2. The maximum Gasteiger partial charge on any atom is 0.164 e. The number of anilines is 2. The van der Waals surface area contributed by atoms with Crippen LogP contribution in [0.5, 0.6) is 0 Å². The van der Waals surface area contributed by atoms with Crippen molar-refractivity contribution in [3.63, 3.8) is 0 Å². The molecule has 0 atom stereocenters. The molecule has 0 spiro atoms. The highest BCUT2D eigenvalue weighted by atomic mass is 16.5. The zero-order valence-electron chi connectivity index (χ0n) is 16.7. The average Bonchev–Trinajstić information content (AvgIpc) is 3.29. The Labute approximate surface area is 175 Å². The Balaban J connectivity index is 1.46. The van der Waals surface area contributed by atoms with Crippen molar-refractivity contribution in [1.82, 2.24) is 19.9 Å². The molecule has 4 heterocycles. The fraction of sp³-hybridized carbons (Fsp3) is 0.261. The van der Waals surface area contributed by atoms with E-state index in [0.29, 0.717) is 0 Å². The van der Waals surface area contributed by atoms with E-state index >= 15 is 0 Å². The zero-order valence-corrected chi connectivity index (χ0v) is 16.7. The molecule has 0 unspecified atom stereocenters. The number of fused-ring (bicyclic) bond motifs is 1. The van der Waals surface area contributed by atoms with Crippen LogP contribution in [0.4, 0.5) is 11.6 Å². The van der Waals surface area contributed by atoms with E-state index in [1.54, 1.807) is 0 Å². The van der Waals surface area contributed by atoms with E-state index in [4.69, 9.17) is 14.7 Å². The third-order valence-electron chi connectivity index (χ3n) is 5.35. The lowest BCUT2D eigenvalue weighted by molar-refractivity contribution is 0.122. The molecule has 3 aromatic heterocycles. The quantitative estimate of drug-likeness (QED) is 0.516. The molecule has 1 aliphatic heterocycles. The molecule has 1 fully saturated rings. The average molecular weight is 400 g/mol. The molecule has 0 amide bonds. The van der Waals surface area contributed by atoms with Gasteiger partial charge in [-0.3, -0.25) is 4.98 Å². The van der Waals surface area contributed by atoms with E-state index in [1.807, 2.05) is 42.9 Å². The maximum absolute atomic E-state index is 5.52. The van der Waals surface area contributed by atoms with Crippen LogP contribution in [0.3, 0.4) is 0 Å². The van der Waals surface area contributed by atoms with Gasteiger partial charge in [-0.05, 0) is 36.2 Å². The van der Waals surface area contributed by atoms with Gasteiger partial charge >= 0.3 is 0 Å². The summed E-state index contributed by atoms with van der Waals surface area (Å²) in [5.74, 6) is 2.50. The van der Waals surface area contributed by atoms with Crippen LogP contribution in [-0.4, -0.2) is 52.8 Å². The van der Waals surface area contributed by atoms with Crippen LogP contribution in [0, 0.1) is 0 Å². The van der Waals surface area contributed by atoms with Crippen molar-refractivity contribution in [2.45, 2.75) is 6.42 Å². The second-order valence-electron chi connectivity index (χ2n) is 7.31. The van der Waals surface area contributed by atoms with Crippen LogP contribution < -0.4 is 10.2 Å². The lowest BCUT2D eigenvalue weighted by Crippen LogP contribution is -2.36. The SMILES string of the molecule is c1cc(-c2nc(NCCc3ccncc3)cc(N3CCOCC3)n2)c2cc[nH]c2c1. The largest absolute Gasteiger partial charge is 0.378 e. The minimum Gasteiger partial charge on any atom is -0.378 e. The number of hydrogen-bond acceptors (Lipinski definition) is 6. The number of nitrogens with one attached hydrogen (secondary N) is 2. The lowest BCUT2D eigenvalue weighted by atomic mass is 10.1. The number of aromatic amines is 1. The van der Waals surface area contributed by atoms with Crippen LogP contribution in [0.2, 0.25) is 0 Å². The molecule has 4 aromatic rings. The number of H-pyrrole nitrogens is 1. The van der Waals surface area contributed by atoms with Gasteiger partial charge < -0.3 is 19.9 Å². The molecule has 1 aliphatic rings. The van der Waals surface area contributed by atoms with Gasteiger partial charge in [0.25, 0.3) is 0 Å². The Morgan fingerprint density at radius 3 is 2.77 bits per heavy atom. The van der Waals surface area contributed by atoms with E-state index in [1.165, 1.54) is 5.56 Å². The van der Waals surface area contributed by atoms with Crippen molar-refractivity contribution in [2.75, 3.05) is 43.1 Å². The van der Waals surface area contributed by atoms with Crippen LogP contribution in [0.1, 0.15) is 5.56 Å². The molecule has 7 heteroatoms. The van der Waals surface area contributed by atoms with Gasteiger partial charge in [0.15, 0.2) is 5.82 Å². The van der Waals surface area contributed by atoms with Gasteiger partial charge in [0.05, 0.1) is 13.2 Å². The van der Waals surface area contributed by atoms with E-state index in [0.717, 1.165) is 73.2 Å². The van der Waals surface area contributed by atoms with Crippen LogP contribution in [0.25, 0.3) is 22.3 Å². The summed E-state index contributed by atoms with van der Waals surface area (Å²) in [6, 6.07) is 14.4. The molecule has 30 heavy (non-hydrogen) atoms. The first-order chi connectivity index (χ1) is 14.9. The Morgan fingerprint density at radius 2 is 1.90 bits per heavy atom. The molecule has 5 rings (SSSR count). The summed E-state index contributed by atoms with van der Waals surface area (Å²) >= 11 is 0. The first-order valence-electron chi connectivity index (χ1n) is 10.3. The van der Waals surface area contributed by atoms with Gasteiger partial charge in [-0.15, -0.1) is 0 Å². The first kappa shape index (κ1) is 18.6. The minimum absolute atomic E-state index is 0.720. The summed E-state index contributed by atoms with van der Waals surface area (Å²) in [5, 5.41) is 4.61. The molecule has 2 N–H and O–H groups in total. The van der Waals surface area contributed by atoms with E-state index in [-0.39, 0.29) is 0 Å². The minimum atomic E-state index is 0.720. The molecule has 0 aliphatic carbocycles. The maximum atomic E-state index is 5.52. The fourth-order valence-corrected chi connectivity index (χ4v) is 3.76. The fourth-order valence-electron chi connectivity index (χ4n) is 3.76. The number of rotatable bonds is 6. The van der Waals surface area contributed by atoms with Crippen molar-refractivity contribution in [3.05, 3.63) is 66.6 Å². The van der Waals surface area contributed by atoms with Crippen LogP contribution in [-0.2, 0) is 11.2 Å². The molecule has 152 valence electrons. The number of pyridine rings is 1. The number of aromatic nitrogens is 4. The predicted molar refractivity (Wildman–Crippen MR) is 119 cm³/mol. The number of ether oxygens (including phenoxy) is 1. The van der Waals surface area contributed by atoms with Crippen molar-refractivity contribution in [2.24, 2.45) is 0 Å². The van der Waals surface area contributed by atoms with E-state index in [9.17, 15) is 0 Å². The molecule has 0 bridgehead atoms. The second-order valence-corrected chi connectivity index (χ2v) is 7.31. The number of nitrogens with zero attached hydrogens (tertiary/aromatic N) is 4. The van der Waals surface area contributed by atoms with Gasteiger partial charge in [0.1, 0.15) is 11.6 Å². The Bertz CT molecular complexity index is 1120. The number of benzene rings is 1. The lowest BCUT2D eigenvalue weighted by Gasteiger charge is -2.28. The van der Waals surface area contributed by atoms with Gasteiger partial charge in [0.2, 0.25) is 0 Å². The summed E-state index contributed by atoms with van der Waals surface area (Å²) in [4.78, 5) is 19.4. The third-order valence-corrected chi connectivity index (χ3v) is 5.35. The normalized spacial score (nSPS) is 14.2. The molecule has 1 saturated heterocycles. The molecule has 1 aromatic carbocycles. The summed E-state index contributed by atoms with van der Waals surface area (Å²) in [5.41, 5.74) is 3.36. The third kappa shape index (κ3) is 3.97. The first-order valence-corrected chi connectivity index (χ1v) is 10.3. The van der Waals surface area contributed by atoms with Crippen molar-refractivity contribution in [1.29, 1.82) is 0 Å². The summed E-state index contributed by atoms with van der Waals surface area (Å²) in [6.07, 6.45) is 6.51. The monoisotopic (exact) mass is 400 g/mol. The molecule has 7 nitrogen and oxygen atoms in total. The summed E-state index contributed by atoms with van der Waals surface area (Å²) in [6.45, 7) is 3.90. The van der Waals surface area contributed by atoms with Gasteiger partial charge in [-0.1, -0.05) is 12.1 Å². The molecule has 0 radical (unpaired) electrons. The van der Waals surface area contributed by atoms with Gasteiger partial charge in [-0.2, -0.15) is 0 Å². The topological polar surface area (TPSA) is 79.0 Å². The number of hydrogen-bond donors (Lipinski definition) is 2. The molecule has 0 saturated carbocycles. The van der Waals surface area contributed by atoms with Crippen LogP contribution >= 0.6 is 0 Å². The van der Waals surface area contributed by atoms with Crippen molar-refractivity contribution >= 4 is 22.5 Å². The van der Waals surface area contributed by atoms with Gasteiger partial charge in [0, 0.05) is 60.8 Å². The summed E-state index contributed by atoms with van der Waals surface area (Å²) < 4.78 is 5.52. The van der Waals surface area contributed by atoms with Crippen molar-refractivity contribution in [3.8, 4) is 11.4 Å². The second kappa shape index (κ2) is 8.51. The highest BCUT2D eigenvalue weighted by molar-refractivity contribution is 5.93. The molecular formula is C23H24N6O. The van der Waals surface area contributed by atoms with E-state index < -0.39 is 0 Å². The predicted octanol–water partition coefficient (Wildman–Crippen LogP) is 3.51. The summed E-state index contributed by atoms with van der Waals surface area (Å²) in [7, 11) is 0. The van der Waals surface area contributed by atoms with E-state index in [2.05, 4.69) is 38.4 Å². The standard InChI is InChI=1S/C23H24N6O/c1-2-19(18-7-11-25-20(18)3-1)23-27-21(26-10-6-17-4-8-24-9-5-17)16-22(28-23)29-12-14-30-15-13-29/h1-5,7-9,11,16,25H,6,10,12-15H2,(H,26,27,28). The van der Waals surface area contributed by atoms with Crippen molar-refractivity contribution < 1.29 is 4.74 Å². The Kier molecular flexibility index (Phi) is 5.26. The highest BCUT2D eigenvalue weighted by Gasteiger charge is 2.17. The Hall–Kier alpha value is -3.45. The number of morpholine rings is 1. The van der Waals surface area contributed by atoms with Crippen LogP contribution in [0.15, 0.2) is 61.1 Å².